The molecule has 160 valence electrons. The van der Waals surface area contributed by atoms with Crippen molar-refractivity contribution in [2.75, 3.05) is 0 Å². The summed E-state index contributed by atoms with van der Waals surface area (Å²) in [5.41, 5.74) is 6.43. The first-order valence-corrected chi connectivity index (χ1v) is 11.4. The van der Waals surface area contributed by atoms with Crippen LogP contribution in [0.1, 0.15) is 0 Å². The molecule has 34 heavy (non-hydrogen) atoms. The lowest BCUT2D eigenvalue weighted by Gasteiger charge is -2.08. The monoisotopic (exact) mass is 436 g/mol. The van der Waals surface area contributed by atoms with E-state index in [-0.39, 0.29) is 0 Å². The number of aromatic nitrogens is 4. The molecule has 0 spiro atoms. The molecule has 0 aliphatic carbocycles. The average Bonchev–Trinajstić information content (AvgIpc) is 3.45. The van der Waals surface area contributed by atoms with Gasteiger partial charge < -0.3 is 0 Å². The van der Waals surface area contributed by atoms with Crippen LogP contribution in [0.15, 0.2) is 121 Å². The maximum absolute atomic E-state index is 5.07. The normalized spacial score (nSPS) is 11.5. The Hall–Kier alpha value is -4.70. The van der Waals surface area contributed by atoms with E-state index in [0.717, 1.165) is 39.4 Å². The average molecular weight is 437 g/mol. The predicted octanol–water partition coefficient (Wildman–Crippen LogP) is 7.16. The van der Waals surface area contributed by atoms with E-state index in [9.17, 15) is 0 Å². The van der Waals surface area contributed by atoms with Gasteiger partial charge in [-0.2, -0.15) is 4.98 Å². The lowest BCUT2D eigenvalue weighted by molar-refractivity contribution is 1.03. The van der Waals surface area contributed by atoms with E-state index in [1.807, 2.05) is 24.3 Å². The Morgan fingerprint density at radius 1 is 0.500 bits per heavy atom. The Morgan fingerprint density at radius 2 is 1.06 bits per heavy atom. The molecule has 4 nitrogen and oxygen atoms in total. The zero-order chi connectivity index (χ0) is 22.5. The Balaban J connectivity index is 1.53. The minimum absolute atomic E-state index is 0.678. The summed E-state index contributed by atoms with van der Waals surface area (Å²) in [6, 6.07) is 39.8. The van der Waals surface area contributed by atoms with Gasteiger partial charge in [-0.05, 0) is 18.2 Å². The van der Waals surface area contributed by atoms with Gasteiger partial charge in [0.05, 0.1) is 22.4 Å². The molecule has 0 aliphatic rings. The number of nitrogens with zero attached hydrogens (tertiary/aromatic N) is 4. The highest BCUT2D eigenvalue weighted by Crippen LogP contribution is 2.34. The van der Waals surface area contributed by atoms with Crippen LogP contribution in [0.5, 0.6) is 0 Å². The van der Waals surface area contributed by atoms with Crippen LogP contribution < -0.4 is 0 Å². The molecule has 4 heteroatoms. The van der Waals surface area contributed by atoms with Crippen LogP contribution in [0.2, 0.25) is 0 Å². The van der Waals surface area contributed by atoms with E-state index in [1.54, 1.807) is 0 Å². The second-order valence-electron chi connectivity index (χ2n) is 8.37. The van der Waals surface area contributed by atoms with Crippen molar-refractivity contribution in [1.29, 1.82) is 0 Å². The van der Waals surface area contributed by atoms with Gasteiger partial charge >= 0.3 is 0 Å². The van der Waals surface area contributed by atoms with E-state index in [1.165, 1.54) is 10.8 Å². The maximum Gasteiger partial charge on any atom is 0.236 e. The molecule has 0 aliphatic heterocycles. The Bertz CT molecular complexity index is 1740. The van der Waals surface area contributed by atoms with Crippen LogP contribution in [0.3, 0.4) is 0 Å². The summed E-state index contributed by atoms with van der Waals surface area (Å²) in [4.78, 5) is 10.1. The van der Waals surface area contributed by atoms with Gasteiger partial charge in [-0.15, -0.1) is 0 Å². The number of para-hydroxylation sites is 2. The molecule has 0 unspecified atom stereocenters. The first kappa shape index (κ1) is 18.8. The fraction of sp³-hybridized carbons (Fsp3) is 0. The third-order valence-corrected chi connectivity index (χ3v) is 6.38. The molecule has 4 aromatic carbocycles. The minimum Gasteiger partial charge on any atom is -0.294 e. The smallest absolute Gasteiger partial charge is 0.236 e. The molecule has 7 rings (SSSR count). The summed E-state index contributed by atoms with van der Waals surface area (Å²) in [7, 11) is 0. The Kier molecular flexibility index (Phi) is 4.11. The van der Waals surface area contributed by atoms with Crippen LogP contribution in [0, 0.1) is 0 Å². The molecular weight excluding hydrogens is 416 g/mol. The molecule has 0 N–H and O–H groups in total. The van der Waals surface area contributed by atoms with Crippen LogP contribution >= 0.6 is 0 Å². The molecule has 0 saturated carbocycles. The first-order chi connectivity index (χ1) is 16.9. The molecule has 0 amide bonds. The van der Waals surface area contributed by atoms with Gasteiger partial charge in [-0.3, -0.25) is 8.97 Å². The van der Waals surface area contributed by atoms with Crippen molar-refractivity contribution in [3.63, 3.8) is 0 Å². The molecule has 0 radical (unpaired) electrons. The summed E-state index contributed by atoms with van der Waals surface area (Å²) in [6.07, 6.45) is 2.09. The second kappa shape index (κ2) is 7.42. The molecule has 3 aromatic heterocycles. The third kappa shape index (κ3) is 2.79. The highest BCUT2D eigenvalue weighted by atomic mass is 15.2. The van der Waals surface area contributed by atoms with Crippen LogP contribution in [-0.2, 0) is 0 Å². The fourth-order valence-electron chi connectivity index (χ4n) is 4.88. The molecular formula is C30H20N4. The number of hydrogen-bond acceptors (Lipinski definition) is 2. The molecule has 7 aromatic rings. The van der Waals surface area contributed by atoms with Crippen molar-refractivity contribution < 1.29 is 0 Å². The van der Waals surface area contributed by atoms with Gasteiger partial charge in [0.2, 0.25) is 5.78 Å². The SMILES string of the molecule is c1ccc(-c2nc3nc(-n4c5ccccc5c5ccccc54)ccn3c2-c2ccccc2)cc1. The second-order valence-corrected chi connectivity index (χ2v) is 8.37. The summed E-state index contributed by atoms with van der Waals surface area (Å²) in [6.45, 7) is 0. The number of imidazole rings is 1. The van der Waals surface area contributed by atoms with E-state index in [4.69, 9.17) is 9.97 Å². The number of hydrogen-bond donors (Lipinski definition) is 0. The van der Waals surface area contributed by atoms with E-state index < -0.39 is 0 Å². The van der Waals surface area contributed by atoms with Crippen molar-refractivity contribution in [2.45, 2.75) is 0 Å². The van der Waals surface area contributed by atoms with Gasteiger partial charge in [0, 0.05) is 28.1 Å². The molecule has 0 saturated heterocycles. The van der Waals surface area contributed by atoms with Gasteiger partial charge in [0.15, 0.2) is 0 Å². The summed E-state index contributed by atoms with van der Waals surface area (Å²) >= 11 is 0. The number of benzene rings is 4. The van der Waals surface area contributed by atoms with Crippen molar-refractivity contribution in [1.82, 2.24) is 18.9 Å². The van der Waals surface area contributed by atoms with Crippen LogP contribution in [0.25, 0.3) is 55.9 Å². The zero-order valence-corrected chi connectivity index (χ0v) is 18.3. The first-order valence-electron chi connectivity index (χ1n) is 11.4. The third-order valence-electron chi connectivity index (χ3n) is 6.38. The van der Waals surface area contributed by atoms with Crippen LogP contribution in [-0.4, -0.2) is 18.9 Å². The van der Waals surface area contributed by atoms with Crippen molar-refractivity contribution in [3.8, 4) is 28.3 Å². The quantitative estimate of drug-likeness (QED) is 0.295. The van der Waals surface area contributed by atoms with Crippen molar-refractivity contribution >= 4 is 27.6 Å². The maximum atomic E-state index is 5.07. The van der Waals surface area contributed by atoms with E-state index in [2.05, 4.69) is 106 Å². The molecule has 0 bridgehead atoms. The molecule has 0 fully saturated rings. The number of rotatable bonds is 3. The molecule has 0 atom stereocenters. The Morgan fingerprint density at radius 3 is 1.71 bits per heavy atom. The lowest BCUT2D eigenvalue weighted by Crippen LogP contribution is -2.00. The topological polar surface area (TPSA) is 35.1 Å². The summed E-state index contributed by atoms with van der Waals surface area (Å²) in [5.74, 6) is 1.53. The number of fused-ring (bicyclic) bond motifs is 4. The van der Waals surface area contributed by atoms with Gasteiger partial charge in [0.25, 0.3) is 0 Å². The van der Waals surface area contributed by atoms with E-state index in [0.29, 0.717) is 5.78 Å². The van der Waals surface area contributed by atoms with Gasteiger partial charge in [-0.25, -0.2) is 4.98 Å². The Labute approximate surface area is 196 Å². The van der Waals surface area contributed by atoms with Gasteiger partial charge in [-0.1, -0.05) is 97.1 Å². The van der Waals surface area contributed by atoms with Crippen LogP contribution in [0.4, 0.5) is 0 Å². The highest BCUT2D eigenvalue weighted by Gasteiger charge is 2.18. The predicted molar refractivity (Wildman–Crippen MR) is 138 cm³/mol. The lowest BCUT2D eigenvalue weighted by atomic mass is 10.1. The minimum atomic E-state index is 0.678. The van der Waals surface area contributed by atoms with Crippen molar-refractivity contribution in [3.05, 3.63) is 121 Å². The standard InChI is InChI=1S/C30H20N4/c1-3-11-21(12-4-1)28-29(22-13-5-2-6-14-22)33-20-19-27(31-30(33)32-28)34-25-17-9-7-15-23(25)24-16-8-10-18-26(24)34/h1-20H. The summed E-state index contributed by atoms with van der Waals surface area (Å²) < 4.78 is 4.32. The molecule has 3 heterocycles. The van der Waals surface area contributed by atoms with Crippen molar-refractivity contribution in [2.24, 2.45) is 0 Å². The highest BCUT2D eigenvalue weighted by molar-refractivity contribution is 6.09. The largest absolute Gasteiger partial charge is 0.294 e. The fourth-order valence-corrected chi connectivity index (χ4v) is 4.88. The van der Waals surface area contributed by atoms with Gasteiger partial charge in [0.1, 0.15) is 5.82 Å². The summed E-state index contributed by atoms with van der Waals surface area (Å²) in [5, 5.41) is 2.44. The zero-order valence-electron chi connectivity index (χ0n) is 18.3. The van der Waals surface area contributed by atoms with E-state index >= 15 is 0 Å².